The van der Waals surface area contributed by atoms with Crippen molar-refractivity contribution in [1.82, 2.24) is 14.7 Å². The molecule has 2 aliphatic rings. The Kier molecular flexibility index (Phi) is 5.58. The molecule has 6 nitrogen and oxygen atoms in total. The second-order valence-corrected chi connectivity index (χ2v) is 6.42. The van der Waals surface area contributed by atoms with E-state index < -0.39 is 6.10 Å². The number of carbonyl (C=O) groups is 2. The lowest BCUT2D eigenvalue weighted by atomic mass is 9.99. The second-order valence-electron chi connectivity index (χ2n) is 6.42. The zero-order chi connectivity index (χ0) is 15.4. The molecule has 0 spiro atoms. The molecule has 2 heterocycles. The number of β-amino-alcohol motifs (C(OH)–C–C–N with tert-alkyl or cyclic N) is 1. The Balaban J connectivity index is 1.85. The van der Waals surface area contributed by atoms with E-state index in [1.54, 1.807) is 9.80 Å². The zero-order valence-corrected chi connectivity index (χ0v) is 13.1. The van der Waals surface area contributed by atoms with E-state index in [4.69, 9.17) is 0 Å². The number of hydrogen-bond acceptors (Lipinski definition) is 4. The SMILES string of the molecule is CC(=O)N1CCN(C(=O)CN2CCC(C)CC2)CC(O)C1. The molecule has 2 fully saturated rings. The molecule has 2 amide bonds. The summed E-state index contributed by atoms with van der Waals surface area (Å²) < 4.78 is 0. The molecule has 0 aromatic rings. The molecule has 0 radical (unpaired) electrons. The Labute approximate surface area is 126 Å². The third kappa shape index (κ3) is 4.68. The van der Waals surface area contributed by atoms with Crippen LogP contribution < -0.4 is 0 Å². The van der Waals surface area contributed by atoms with Gasteiger partial charge in [0, 0.05) is 33.1 Å². The summed E-state index contributed by atoms with van der Waals surface area (Å²) in [6.07, 6.45) is 1.64. The number of piperidine rings is 1. The average molecular weight is 297 g/mol. The van der Waals surface area contributed by atoms with E-state index in [1.807, 2.05) is 0 Å². The van der Waals surface area contributed by atoms with Gasteiger partial charge in [-0.25, -0.2) is 0 Å². The third-order valence-electron chi connectivity index (χ3n) is 4.54. The highest BCUT2D eigenvalue weighted by Gasteiger charge is 2.27. The van der Waals surface area contributed by atoms with Gasteiger partial charge in [-0.05, 0) is 31.8 Å². The van der Waals surface area contributed by atoms with E-state index in [2.05, 4.69) is 11.8 Å². The van der Waals surface area contributed by atoms with Crippen molar-refractivity contribution >= 4 is 11.8 Å². The van der Waals surface area contributed by atoms with Crippen molar-refractivity contribution in [3.63, 3.8) is 0 Å². The van der Waals surface area contributed by atoms with Crippen LogP contribution in [0.3, 0.4) is 0 Å². The van der Waals surface area contributed by atoms with Gasteiger partial charge in [0.15, 0.2) is 0 Å². The Bertz CT molecular complexity index is 380. The second kappa shape index (κ2) is 7.22. The number of amides is 2. The first-order valence-electron chi connectivity index (χ1n) is 7.89. The van der Waals surface area contributed by atoms with Crippen molar-refractivity contribution in [1.29, 1.82) is 0 Å². The summed E-state index contributed by atoms with van der Waals surface area (Å²) in [6.45, 7) is 7.80. The molecule has 21 heavy (non-hydrogen) atoms. The molecule has 1 atom stereocenters. The maximum absolute atomic E-state index is 12.4. The first kappa shape index (κ1) is 16.2. The number of nitrogens with zero attached hydrogens (tertiary/aromatic N) is 3. The summed E-state index contributed by atoms with van der Waals surface area (Å²) in [5.74, 6) is 0.767. The minimum atomic E-state index is -0.651. The number of hydrogen-bond donors (Lipinski definition) is 1. The van der Waals surface area contributed by atoms with Crippen molar-refractivity contribution in [3.8, 4) is 0 Å². The summed E-state index contributed by atoms with van der Waals surface area (Å²) >= 11 is 0. The van der Waals surface area contributed by atoms with Crippen LogP contribution in [0, 0.1) is 5.92 Å². The van der Waals surface area contributed by atoms with Crippen LogP contribution in [-0.4, -0.2) is 83.5 Å². The predicted octanol–water partition coefficient (Wildman–Crippen LogP) is -0.230. The first-order chi connectivity index (χ1) is 9.95. The Hall–Kier alpha value is -1.14. The number of likely N-dealkylation sites (tertiary alicyclic amines) is 1. The van der Waals surface area contributed by atoms with Gasteiger partial charge in [0.2, 0.25) is 11.8 Å². The Morgan fingerprint density at radius 3 is 2.24 bits per heavy atom. The standard InChI is InChI=1S/C15H27N3O3/c1-12-3-5-16(6-4-12)11-15(21)18-8-7-17(13(2)19)9-14(20)10-18/h12,14,20H,3-11H2,1-2H3. The van der Waals surface area contributed by atoms with Gasteiger partial charge >= 0.3 is 0 Å². The molecule has 6 heteroatoms. The molecular formula is C15H27N3O3. The maximum Gasteiger partial charge on any atom is 0.236 e. The van der Waals surface area contributed by atoms with Crippen LogP contribution in [0.15, 0.2) is 0 Å². The highest BCUT2D eigenvalue weighted by atomic mass is 16.3. The quantitative estimate of drug-likeness (QED) is 0.765. The molecule has 2 rings (SSSR count). The summed E-state index contributed by atoms with van der Waals surface area (Å²) in [7, 11) is 0. The van der Waals surface area contributed by atoms with Crippen molar-refractivity contribution in [2.75, 3.05) is 45.8 Å². The lowest BCUT2D eigenvalue weighted by Crippen LogP contribution is -2.45. The van der Waals surface area contributed by atoms with Crippen molar-refractivity contribution < 1.29 is 14.7 Å². The van der Waals surface area contributed by atoms with Crippen LogP contribution in [0.25, 0.3) is 0 Å². The highest BCUT2D eigenvalue weighted by Crippen LogP contribution is 2.16. The normalized spacial score (nSPS) is 25.8. The molecule has 2 saturated heterocycles. The minimum Gasteiger partial charge on any atom is -0.389 e. The lowest BCUT2D eigenvalue weighted by Gasteiger charge is -2.31. The average Bonchev–Trinajstić information content (AvgIpc) is 2.63. The summed E-state index contributed by atoms with van der Waals surface area (Å²) in [6, 6.07) is 0. The van der Waals surface area contributed by atoms with Crippen LogP contribution in [0.1, 0.15) is 26.7 Å². The minimum absolute atomic E-state index is 0.0478. The van der Waals surface area contributed by atoms with Crippen LogP contribution in [0.2, 0.25) is 0 Å². The topological polar surface area (TPSA) is 64.1 Å². The van der Waals surface area contributed by atoms with Crippen LogP contribution >= 0.6 is 0 Å². The molecule has 0 aliphatic carbocycles. The van der Waals surface area contributed by atoms with Gasteiger partial charge in [-0.3, -0.25) is 14.5 Å². The van der Waals surface area contributed by atoms with Crippen molar-refractivity contribution in [3.05, 3.63) is 0 Å². The summed E-state index contributed by atoms with van der Waals surface area (Å²) in [4.78, 5) is 29.3. The Morgan fingerprint density at radius 2 is 1.62 bits per heavy atom. The molecule has 0 saturated carbocycles. The fourth-order valence-corrected chi connectivity index (χ4v) is 3.01. The zero-order valence-electron chi connectivity index (χ0n) is 13.1. The van der Waals surface area contributed by atoms with Gasteiger partial charge in [-0.2, -0.15) is 0 Å². The van der Waals surface area contributed by atoms with E-state index in [9.17, 15) is 14.7 Å². The first-order valence-corrected chi connectivity index (χ1v) is 7.89. The number of rotatable bonds is 2. The van der Waals surface area contributed by atoms with Gasteiger partial charge in [0.1, 0.15) is 0 Å². The van der Waals surface area contributed by atoms with E-state index >= 15 is 0 Å². The fraction of sp³-hybridized carbons (Fsp3) is 0.867. The molecule has 2 aliphatic heterocycles. The number of aliphatic hydroxyl groups excluding tert-OH is 1. The monoisotopic (exact) mass is 297 g/mol. The van der Waals surface area contributed by atoms with Crippen LogP contribution in [0.5, 0.6) is 0 Å². The fourth-order valence-electron chi connectivity index (χ4n) is 3.01. The smallest absolute Gasteiger partial charge is 0.236 e. The molecule has 0 bridgehead atoms. The van der Waals surface area contributed by atoms with Crippen molar-refractivity contribution in [2.45, 2.75) is 32.8 Å². The van der Waals surface area contributed by atoms with Crippen LogP contribution in [-0.2, 0) is 9.59 Å². The molecular weight excluding hydrogens is 270 g/mol. The Morgan fingerprint density at radius 1 is 1.05 bits per heavy atom. The van der Waals surface area contributed by atoms with E-state index in [1.165, 1.54) is 6.92 Å². The molecule has 0 aromatic heterocycles. The number of aliphatic hydroxyl groups is 1. The van der Waals surface area contributed by atoms with Gasteiger partial charge in [0.25, 0.3) is 0 Å². The third-order valence-corrected chi connectivity index (χ3v) is 4.54. The molecule has 1 unspecified atom stereocenters. The summed E-state index contributed by atoms with van der Waals surface area (Å²) in [5, 5.41) is 9.97. The maximum atomic E-state index is 12.4. The van der Waals surface area contributed by atoms with Gasteiger partial charge in [-0.1, -0.05) is 6.92 Å². The number of carbonyl (C=O) groups excluding carboxylic acids is 2. The van der Waals surface area contributed by atoms with Gasteiger partial charge in [0.05, 0.1) is 12.6 Å². The van der Waals surface area contributed by atoms with Crippen molar-refractivity contribution in [2.24, 2.45) is 5.92 Å². The predicted molar refractivity (Wildman–Crippen MR) is 79.7 cm³/mol. The van der Waals surface area contributed by atoms with E-state index in [-0.39, 0.29) is 11.8 Å². The lowest BCUT2D eigenvalue weighted by molar-refractivity contribution is -0.134. The van der Waals surface area contributed by atoms with E-state index in [0.29, 0.717) is 32.7 Å². The largest absolute Gasteiger partial charge is 0.389 e. The van der Waals surface area contributed by atoms with E-state index in [0.717, 1.165) is 31.8 Å². The van der Waals surface area contributed by atoms with Crippen LogP contribution in [0.4, 0.5) is 0 Å². The van der Waals surface area contributed by atoms with Gasteiger partial charge in [-0.15, -0.1) is 0 Å². The molecule has 0 aromatic carbocycles. The van der Waals surface area contributed by atoms with Gasteiger partial charge < -0.3 is 14.9 Å². The molecule has 120 valence electrons. The summed E-state index contributed by atoms with van der Waals surface area (Å²) in [5.41, 5.74) is 0. The molecule has 1 N–H and O–H groups in total. The highest BCUT2D eigenvalue weighted by molar-refractivity contribution is 5.78.